The number of nitrogens with one attached hydrogen (secondary N) is 1. The summed E-state index contributed by atoms with van der Waals surface area (Å²) in [7, 11) is 0. The molecule has 0 spiro atoms. The minimum absolute atomic E-state index is 0.119. The number of hydrogen-bond donors (Lipinski definition) is 2. The number of aromatic nitrogens is 2. The minimum atomic E-state index is -0.979. The number of carbonyl (C=O) groups excluding carboxylic acids is 1. The molecule has 1 aliphatic rings. The molecule has 1 fully saturated rings. The van der Waals surface area contributed by atoms with Gasteiger partial charge in [-0.25, -0.2) is 4.98 Å². The molecule has 2 N–H and O–H groups in total. The topological polar surface area (TPSA) is 101 Å². The zero-order valence-corrected chi connectivity index (χ0v) is 12.4. The molecule has 1 aliphatic heterocycles. The number of carboxylic acid groups (broad SMARTS) is 1. The molecule has 3 heterocycles. The Hall–Kier alpha value is -1.87. The molecule has 1 unspecified atom stereocenters. The van der Waals surface area contributed by atoms with Crippen LogP contribution in [0.25, 0.3) is 10.2 Å². The fourth-order valence-electron chi connectivity index (χ4n) is 2.23. The molecule has 2 aromatic heterocycles. The summed E-state index contributed by atoms with van der Waals surface area (Å²) in [5.74, 6) is -1.28. The van der Waals surface area contributed by atoms with Gasteiger partial charge in [0.25, 0.3) is 5.56 Å². The Balaban J connectivity index is 2.11. The second-order valence-electron chi connectivity index (χ2n) is 4.55. The van der Waals surface area contributed by atoms with E-state index in [1.807, 2.05) is 0 Å². The van der Waals surface area contributed by atoms with Gasteiger partial charge in [-0.1, -0.05) is 11.8 Å². The van der Waals surface area contributed by atoms with Crippen LogP contribution in [-0.2, 0) is 9.59 Å². The van der Waals surface area contributed by atoms with Gasteiger partial charge in [-0.2, -0.15) is 0 Å². The predicted octanol–water partition coefficient (Wildman–Crippen LogP) is 0.696. The van der Waals surface area contributed by atoms with Gasteiger partial charge in [0.1, 0.15) is 4.83 Å². The lowest BCUT2D eigenvalue weighted by Crippen LogP contribution is -2.28. The predicted molar refractivity (Wildman–Crippen MR) is 78.9 cm³/mol. The molecule has 0 radical (unpaired) electrons. The van der Waals surface area contributed by atoms with Crippen LogP contribution in [0.1, 0.15) is 12.5 Å². The van der Waals surface area contributed by atoms with Crippen LogP contribution in [0, 0.1) is 0 Å². The summed E-state index contributed by atoms with van der Waals surface area (Å²) < 4.78 is 1.44. The summed E-state index contributed by atoms with van der Waals surface area (Å²) in [5.41, 5.74) is -0.226. The van der Waals surface area contributed by atoms with Crippen molar-refractivity contribution in [2.75, 3.05) is 12.3 Å². The number of thioether (sulfide) groups is 1. The van der Waals surface area contributed by atoms with Crippen molar-refractivity contribution in [1.82, 2.24) is 14.9 Å². The van der Waals surface area contributed by atoms with Gasteiger partial charge in [-0.05, 0) is 11.4 Å². The molecule has 0 aliphatic carbocycles. The van der Waals surface area contributed by atoms with Gasteiger partial charge in [-0.3, -0.25) is 19.0 Å². The van der Waals surface area contributed by atoms with Crippen molar-refractivity contribution in [2.45, 2.75) is 17.6 Å². The Morgan fingerprint density at radius 3 is 3.05 bits per heavy atom. The normalized spacial score (nSPS) is 18.1. The molecular formula is C12H11N3O4S2. The van der Waals surface area contributed by atoms with E-state index in [1.54, 1.807) is 11.4 Å². The van der Waals surface area contributed by atoms with Crippen molar-refractivity contribution < 1.29 is 14.7 Å². The largest absolute Gasteiger partial charge is 0.481 e. The van der Waals surface area contributed by atoms with E-state index in [1.165, 1.54) is 15.9 Å². The second-order valence-corrected chi connectivity index (χ2v) is 6.39. The maximum absolute atomic E-state index is 12.6. The first kappa shape index (κ1) is 14.1. The molecule has 0 aromatic carbocycles. The van der Waals surface area contributed by atoms with E-state index in [9.17, 15) is 14.4 Å². The van der Waals surface area contributed by atoms with Crippen LogP contribution in [0.5, 0.6) is 0 Å². The van der Waals surface area contributed by atoms with Crippen molar-refractivity contribution in [3.05, 3.63) is 21.8 Å². The number of carboxylic acids is 1. The molecule has 3 rings (SSSR count). The number of hydrogen-bond acceptors (Lipinski definition) is 6. The van der Waals surface area contributed by atoms with E-state index in [0.717, 1.165) is 11.8 Å². The van der Waals surface area contributed by atoms with E-state index in [0.29, 0.717) is 21.9 Å². The quantitative estimate of drug-likeness (QED) is 0.634. The SMILES string of the molecule is O=C(O)CSc1nc2sccc2c(=O)n1C1CNC(=O)C1. The smallest absolute Gasteiger partial charge is 0.313 e. The average Bonchev–Trinajstić information content (AvgIpc) is 3.05. The number of fused-ring (bicyclic) bond motifs is 1. The van der Waals surface area contributed by atoms with Crippen LogP contribution in [0.3, 0.4) is 0 Å². The summed E-state index contributed by atoms with van der Waals surface area (Å²) in [6.07, 6.45) is 0.206. The summed E-state index contributed by atoms with van der Waals surface area (Å²) in [4.78, 5) is 39.7. The third-order valence-electron chi connectivity index (χ3n) is 3.14. The number of nitrogens with zero attached hydrogens (tertiary/aromatic N) is 2. The van der Waals surface area contributed by atoms with Crippen molar-refractivity contribution in [3.63, 3.8) is 0 Å². The van der Waals surface area contributed by atoms with Gasteiger partial charge < -0.3 is 10.4 Å². The zero-order chi connectivity index (χ0) is 15.0. The minimum Gasteiger partial charge on any atom is -0.481 e. The standard InChI is InChI=1S/C12H11N3O4S2/c16-8-3-6(4-13-8)15-11(19)7-1-2-20-10(7)14-12(15)21-5-9(17)18/h1-2,6H,3-5H2,(H,13,16)(H,17,18). The van der Waals surface area contributed by atoms with E-state index >= 15 is 0 Å². The molecule has 1 saturated heterocycles. The van der Waals surface area contributed by atoms with Crippen molar-refractivity contribution in [3.8, 4) is 0 Å². The molecule has 110 valence electrons. The van der Waals surface area contributed by atoms with Crippen LogP contribution >= 0.6 is 23.1 Å². The molecule has 2 aromatic rings. The van der Waals surface area contributed by atoms with Gasteiger partial charge in [0, 0.05) is 13.0 Å². The highest BCUT2D eigenvalue weighted by atomic mass is 32.2. The highest BCUT2D eigenvalue weighted by Gasteiger charge is 2.27. The Labute approximate surface area is 127 Å². The van der Waals surface area contributed by atoms with E-state index in [4.69, 9.17) is 5.11 Å². The fourth-order valence-corrected chi connectivity index (χ4v) is 3.82. The number of aliphatic carboxylic acids is 1. The maximum Gasteiger partial charge on any atom is 0.313 e. The summed E-state index contributed by atoms with van der Waals surface area (Å²) in [6, 6.07) is 1.37. The molecule has 0 bridgehead atoms. The zero-order valence-electron chi connectivity index (χ0n) is 10.7. The fraction of sp³-hybridized carbons (Fsp3) is 0.333. The summed E-state index contributed by atoms with van der Waals surface area (Å²) >= 11 is 2.33. The molecule has 21 heavy (non-hydrogen) atoms. The Bertz CT molecular complexity index is 782. The van der Waals surface area contributed by atoms with Gasteiger partial charge >= 0.3 is 5.97 Å². The number of thiophene rings is 1. The molecular weight excluding hydrogens is 314 g/mol. The van der Waals surface area contributed by atoms with E-state index in [2.05, 4.69) is 10.3 Å². The third-order valence-corrected chi connectivity index (χ3v) is 4.89. The Kier molecular flexibility index (Phi) is 3.68. The maximum atomic E-state index is 12.6. The Morgan fingerprint density at radius 1 is 1.57 bits per heavy atom. The van der Waals surface area contributed by atoms with E-state index in [-0.39, 0.29) is 29.7 Å². The van der Waals surface area contributed by atoms with Gasteiger partial charge in [-0.15, -0.1) is 11.3 Å². The third kappa shape index (κ3) is 2.66. The molecule has 1 atom stereocenters. The molecule has 1 amide bonds. The van der Waals surface area contributed by atoms with Crippen molar-refractivity contribution >= 4 is 45.2 Å². The number of carbonyl (C=O) groups is 2. The van der Waals surface area contributed by atoms with Gasteiger partial charge in [0.15, 0.2) is 5.16 Å². The monoisotopic (exact) mass is 325 g/mol. The van der Waals surface area contributed by atoms with Crippen LogP contribution in [-0.4, -0.2) is 38.8 Å². The highest BCUT2D eigenvalue weighted by Crippen LogP contribution is 2.25. The van der Waals surface area contributed by atoms with Gasteiger partial charge in [0.05, 0.1) is 17.2 Å². The van der Waals surface area contributed by atoms with Crippen molar-refractivity contribution in [2.24, 2.45) is 0 Å². The van der Waals surface area contributed by atoms with E-state index < -0.39 is 5.97 Å². The lowest BCUT2D eigenvalue weighted by molar-refractivity contribution is -0.134. The average molecular weight is 325 g/mol. The first-order valence-corrected chi connectivity index (χ1v) is 8.04. The number of rotatable bonds is 4. The van der Waals surface area contributed by atoms with Crippen LogP contribution in [0.15, 0.2) is 21.4 Å². The summed E-state index contributed by atoms with van der Waals surface area (Å²) in [6.45, 7) is 0.358. The Morgan fingerprint density at radius 2 is 2.38 bits per heavy atom. The van der Waals surface area contributed by atoms with Gasteiger partial charge in [0.2, 0.25) is 5.91 Å². The number of amides is 1. The first-order valence-electron chi connectivity index (χ1n) is 6.17. The van der Waals surface area contributed by atoms with Crippen LogP contribution in [0.4, 0.5) is 0 Å². The first-order chi connectivity index (χ1) is 10.1. The van der Waals surface area contributed by atoms with Crippen molar-refractivity contribution in [1.29, 1.82) is 0 Å². The second kappa shape index (κ2) is 5.49. The molecule has 0 saturated carbocycles. The molecule has 9 heteroatoms. The lowest BCUT2D eigenvalue weighted by Gasteiger charge is -2.16. The van der Waals surface area contributed by atoms with Crippen LogP contribution in [0.2, 0.25) is 0 Å². The molecule has 7 nitrogen and oxygen atoms in total. The highest BCUT2D eigenvalue weighted by molar-refractivity contribution is 7.99. The van der Waals surface area contributed by atoms with Crippen LogP contribution < -0.4 is 10.9 Å². The summed E-state index contributed by atoms with van der Waals surface area (Å²) in [5, 5.41) is 14.1. The lowest BCUT2D eigenvalue weighted by atomic mass is 10.2.